The molecule has 0 fully saturated rings. The molecule has 106 valence electrons. The van der Waals surface area contributed by atoms with Gasteiger partial charge in [0, 0.05) is 5.69 Å². The third-order valence-electron chi connectivity index (χ3n) is 2.58. The minimum Gasteiger partial charge on any atom is -0.319 e. The van der Waals surface area contributed by atoms with Gasteiger partial charge in [0.05, 0.1) is 4.90 Å². The van der Waals surface area contributed by atoms with Crippen LogP contribution in [-0.2, 0) is 10.0 Å². The Morgan fingerprint density at radius 2 is 2.10 bits per heavy atom. The molecular weight excluding hydrogens is 284 g/mol. The van der Waals surface area contributed by atoms with Crippen LogP contribution in [0, 0.1) is 6.92 Å². The molecule has 0 radical (unpaired) electrons. The number of sulfonamides is 1. The number of benzene rings is 1. The standard InChI is InChI=1S/C10H12N6O3S/c1-6-3-4-7(20(18,19)11-2)5-8(6)12-10(17)9-13-15-16-14-9/h3-5,11H,1-2H3,(H,12,17)(H,13,14,15,16). The van der Waals surface area contributed by atoms with Gasteiger partial charge >= 0.3 is 0 Å². The number of anilines is 1. The van der Waals surface area contributed by atoms with Crippen LogP contribution < -0.4 is 10.0 Å². The second kappa shape index (κ2) is 5.35. The fourth-order valence-electron chi connectivity index (χ4n) is 1.46. The van der Waals surface area contributed by atoms with E-state index in [1.54, 1.807) is 13.0 Å². The summed E-state index contributed by atoms with van der Waals surface area (Å²) in [6, 6.07) is 4.40. The predicted molar refractivity (Wildman–Crippen MR) is 69.6 cm³/mol. The van der Waals surface area contributed by atoms with Gasteiger partial charge in [-0.1, -0.05) is 6.07 Å². The number of rotatable bonds is 4. The van der Waals surface area contributed by atoms with E-state index >= 15 is 0 Å². The molecule has 1 aromatic carbocycles. The molecule has 10 heteroatoms. The molecule has 0 aliphatic heterocycles. The van der Waals surface area contributed by atoms with Gasteiger partial charge in [0.15, 0.2) is 0 Å². The molecule has 20 heavy (non-hydrogen) atoms. The molecule has 0 aliphatic carbocycles. The van der Waals surface area contributed by atoms with Crippen LogP contribution in [0.1, 0.15) is 16.2 Å². The van der Waals surface area contributed by atoms with E-state index in [-0.39, 0.29) is 10.7 Å². The van der Waals surface area contributed by atoms with E-state index < -0.39 is 15.9 Å². The van der Waals surface area contributed by atoms with Crippen LogP contribution in [0.3, 0.4) is 0 Å². The predicted octanol–water partition coefficient (Wildman–Crippen LogP) is -0.331. The topological polar surface area (TPSA) is 130 Å². The number of aryl methyl sites for hydroxylation is 1. The molecule has 3 N–H and O–H groups in total. The van der Waals surface area contributed by atoms with Crippen molar-refractivity contribution in [1.82, 2.24) is 25.3 Å². The van der Waals surface area contributed by atoms with Gasteiger partial charge in [-0.25, -0.2) is 13.1 Å². The lowest BCUT2D eigenvalue weighted by Crippen LogP contribution is -2.19. The minimum atomic E-state index is -3.58. The number of amides is 1. The van der Waals surface area contributed by atoms with Crippen LogP contribution in [-0.4, -0.2) is 42.0 Å². The van der Waals surface area contributed by atoms with Crippen molar-refractivity contribution in [2.75, 3.05) is 12.4 Å². The van der Waals surface area contributed by atoms with Gasteiger partial charge in [0.2, 0.25) is 10.0 Å². The maximum absolute atomic E-state index is 11.8. The van der Waals surface area contributed by atoms with Crippen LogP contribution in [0.2, 0.25) is 0 Å². The van der Waals surface area contributed by atoms with E-state index in [2.05, 4.69) is 30.7 Å². The zero-order valence-electron chi connectivity index (χ0n) is 10.7. The molecule has 9 nitrogen and oxygen atoms in total. The molecule has 1 aromatic heterocycles. The van der Waals surface area contributed by atoms with Crippen LogP contribution in [0.4, 0.5) is 5.69 Å². The highest BCUT2D eigenvalue weighted by Gasteiger charge is 2.16. The highest BCUT2D eigenvalue weighted by atomic mass is 32.2. The SMILES string of the molecule is CNS(=O)(=O)c1ccc(C)c(NC(=O)c2nn[nH]n2)c1. The Balaban J connectivity index is 2.33. The van der Waals surface area contributed by atoms with Gasteiger partial charge in [-0.3, -0.25) is 4.79 Å². The summed E-state index contributed by atoms with van der Waals surface area (Å²) in [7, 11) is -2.27. The second-order valence-corrected chi connectivity index (χ2v) is 5.76. The number of nitrogens with one attached hydrogen (secondary N) is 3. The molecule has 0 spiro atoms. The van der Waals surface area contributed by atoms with Crippen molar-refractivity contribution in [3.63, 3.8) is 0 Å². The summed E-state index contributed by atoms with van der Waals surface area (Å²) in [5.41, 5.74) is 1.06. The van der Waals surface area contributed by atoms with E-state index in [0.29, 0.717) is 11.3 Å². The summed E-state index contributed by atoms with van der Waals surface area (Å²) < 4.78 is 25.6. The van der Waals surface area contributed by atoms with Gasteiger partial charge < -0.3 is 5.32 Å². The third kappa shape index (κ3) is 2.81. The van der Waals surface area contributed by atoms with Crippen LogP contribution in [0.25, 0.3) is 0 Å². The van der Waals surface area contributed by atoms with E-state index in [0.717, 1.165) is 0 Å². The molecule has 1 amide bonds. The summed E-state index contributed by atoms with van der Waals surface area (Å²) >= 11 is 0. The summed E-state index contributed by atoms with van der Waals surface area (Å²) in [4.78, 5) is 11.8. The number of aromatic nitrogens is 4. The van der Waals surface area contributed by atoms with Crippen molar-refractivity contribution in [1.29, 1.82) is 0 Å². The molecule has 0 atom stereocenters. The number of aromatic amines is 1. The summed E-state index contributed by atoms with van der Waals surface area (Å²) in [5.74, 6) is -0.716. The number of carbonyl (C=O) groups excluding carboxylic acids is 1. The Morgan fingerprint density at radius 3 is 2.70 bits per heavy atom. The Labute approximate surface area is 114 Å². The van der Waals surface area contributed by atoms with Gasteiger partial charge in [-0.15, -0.1) is 10.2 Å². The van der Waals surface area contributed by atoms with E-state index in [9.17, 15) is 13.2 Å². The molecule has 0 bridgehead atoms. The molecule has 2 rings (SSSR count). The summed E-state index contributed by atoms with van der Waals surface area (Å²) in [6.45, 7) is 1.74. The largest absolute Gasteiger partial charge is 0.319 e. The first-order valence-electron chi connectivity index (χ1n) is 5.53. The van der Waals surface area contributed by atoms with Crippen LogP contribution in [0.5, 0.6) is 0 Å². The van der Waals surface area contributed by atoms with Crippen molar-refractivity contribution < 1.29 is 13.2 Å². The normalized spacial score (nSPS) is 11.3. The van der Waals surface area contributed by atoms with E-state index in [1.165, 1.54) is 19.2 Å². The molecule has 0 saturated heterocycles. The van der Waals surface area contributed by atoms with Gasteiger partial charge in [-0.05, 0) is 36.9 Å². The zero-order valence-corrected chi connectivity index (χ0v) is 11.5. The maximum Gasteiger partial charge on any atom is 0.297 e. The Hall–Kier alpha value is -2.33. The molecule has 2 aromatic rings. The number of hydrogen-bond donors (Lipinski definition) is 3. The highest BCUT2D eigenvalue weighted by Crippen LogP contribution is 2.20. The lowest BCUT2D eigenvalue weighted by atomic mass is 10.2. The Kier molecular flexibility index (Phi) is 3.77. The lowest BCUT2D eigenvalue weighted by Gasteiger charge is -2.09. The van der Waals surface area contributed by atoms with Gasteiger partial charge in [0.1, 0.15) is 0 Å². The fourth-order valence-corrected chi connectivity index (χ4v) is 2.21. The Bertz CT molecular complexity index is 725. The van der Waals surface area contributed by atoms with Crippen LogP contribution in [0.15, 0.2) is 23.1 Å². The summed E-state index contributed by atoms with van der Waals surface area (Å²) in [5, 5.41) is 15.0. The lowest BCUT2D eigenvalue weighted by molar-refractivity contribution is 0.101. The van der Waals surface area contributed by atoms with Crippen molar-refractivity contribution in [2.45, 2.75) is 11.8 Å². The fraction of sp³-hybridized carbons (Fsp3) is 0.200. The van der Waals surface area contributed by atoms with Crippen molar-refractivity contribution in [3.05, 3.63) is 29.6 Å². The maximum atomic E-state index is 11.8. The quantitative estimate of drug-likeness (QED) is 0.708. The average Bonchev–Trinajstić information content (AvgIpc) is 2.95. The molecule has 1 heterocycles. The number of nitrogens with zero attached hydrogens (tertiary/aromatic N) is 3. The van der Waals surface area contributed by atoms with E-state index in [4.69, 9.17) is 0 Å². The number of hydrogen-bond acceptors (Lipinski definition) is 6. The molecule has 0 aliphatic rings. The first-order chi connectivity index (χ1) is 9.44. The van der Waals surface area contributed by atoms with Crippen molar-refractivity contribution >= 4 is 21.6 Å². The monoisotopic (exact) mass is 296 g/mol. The van der Waals surface area contributed by atoms with Crippen molar-refractivity contribution in [2.24, 2.45) is 0 Å². The smallest absolute Gasteiger partial charge is 0.297 e. The molecular formula is C10H12N6O3S. The third-order valence-corrected chi connectivity index (χ3v) is 4.00. The minimum absolute atomic E-state index is 0.0500. The summed E-state index contributed by atoms with van der Waals surface area (Å²) in [6.07, 6.45) is 0. The Morgan fingerprint density at radius 1 is 1.35 bits per heavy atom. The highest BCUT2D eigenvalue weighted by molar-refractivity contribution is 7.89. The number of carbonyl (C=O) groups is 1. The second-order valence-electron chi connectivity index (χ2n) is 3.87. The van der Waals surface area contributed by atoms with Gasteiger partial charge in [0.25, 0.3) is 11.7 Å². The van der Waals surface area contributed by atoms with Gasteiger partial charge in [-0.2, -0.15) is 5.21 Å². The van der Waals surface area contributed by atoms with E-state index in [1.807, 2.05) is 0 Å². The first-order valence-corrected chi connectivity index (χ1v) is 7.01. The first kappa shape index (κ1) is 14.1. The average molecular weight is 296 g/mol. The van der Waals surface area contributed by atoms with Crippen molar-refractivity contribution in [3.8, 4) is 0 Å². The number of tetrazole rings is 1. The number of H-pyrrole nitrogens is 1. The zero-order chi connectivity index (χ0) is 14.8. The molecule has 0 unspecified atom stereocenters. The van der Waals surface area contributed by atoms with Crippen LogP contribution >= 0.6 is 0 Å². The molecule has 0 saturated carbocycles.